The predicted molar refractivity (Wildman–Crippen MR) is 108 cm³/mol. The van der Waals surface area contributed by atoms with Crippen molar-refractivity contribution in [3.8, 4) is 0 Å². The molecular formula is C17H27Cl2N5O2. The Balaban J connectivity index is 0.00000169. The highest BCUT2D eigenvalue weighted by molar-refractivity contribution is 5.85. The molecule has 7 nitrogen and oxygen atoms in total. The Labute approximate surface area is 165 Å². The number of nitrogens with zero attached hydrogens (tertiary/aromatic N) is 3. The van der Waals surface area contributed by atoms with E-state index in [0.29, 0.717) is 23.9 Å². The summed E-state index contributed by atoms with van der Waals surface area (Å²) in [6, 6.07) is 0.228. The minimum atomic E-state index is -0.124. The monoisotopic (exact) mass is 403 g/mol. The van der Waals surface area contributed by atoms with Gasteiger partial charge >= 0.3 is 0 Å². The second-order valence-electron chi connectivity index (χ2n) is 6.64. The van der Waals surface area contributed by atoms with Crippen LogP contribution in [0.2, 0.25) is 0 Å². The average molecular weight is 404 g/mol. The van der Waals surface area contributed by atoms with E-state index < -0.39 is 0 Å². The SMILES string of the molecule is Cc1nc2c(c(C)c1CCC(=O)N1CCNC[C@@H]1C)c(=O)[nH]n2C.Cl.Cl. The first-order chi connectivity index (χ1) is 11.4. The summed E-state index contributed by atoms with van der Waals surface area (Å²) in [7, 11) is 1.78. The van der Waals surface area contributed by atoms with Crippen molar-refractivity contribution in [3.05, 3.63) is 27.2 Å². The van der Waals surface area contributed by atoms with E-state index in [4.69, 9.17) is 0 Å². The van der Waals surface area contributed by atoms with Gasteiger partial charge in [0.25, 0.3) is 5.56 Å². The van der Waals surface area contributed by atoms with Crippen molar-refractivity contribution in [1.82, 2.24) is 25.0 Å². The van der Waals surface area contributed by atoms with Crippen LogP contribution in [0.15, 0.2) is 4.79 Å². The van der Waals surface area contributed by atoms with Crippen molar-refractivity contribution in [2.75, 3.05) is 19.6 Å². The molecule has 1 aliphatic heterocycles. The smallest absolute Gasteiger partial charge is 0.273 e. The second kappa shape index (κ2) is 8.88. The third-order valence-electron chi connectivity index (χ3n) is 4.99. The molecule has 2 aromatic rings. The second-order valence-corrected chi connectivity index (χ2v) is 6.64. The molecule has 2 N–H and O–H groups in total. The standard InChI is InChI=1S/C17H25N5O2.2ClH/c1-10-9-18-7-8-22(10)14(23)6-5-13-11(2)15-16(19-12(13)3)21(4)20-17(15)24;;/h10,18H,5-9H2,1-4H3,(H,20,24);2*1H/t10-;;/m0../s1. The van der Waals surface area contributed by atoms with Crippen LogP contribution in [-0.4, -0.2) is 51.2 Å². The molecule has 0 aromatic carbocycles. The van der Waals surface area contributed by atoms with Crippen LogP contribution in [0.25, 0.3) is 11.0 Å². The summed E-state index contributed by atoms with van der Waals surface area (Å²) < 4.78 is 1.65. The number of halogens is 2. The number of piperazine rings is 1. The maximum absolute atomic E-state index is 12.5. The molecule has 1 aliphatic rings. The lowest BCUT2D eigenvalue weighted by molar-refractivity contribution is -0.133. The van der Waals surface area contributed by atoms with E-state index >= 15 is 0 Å². The third kappa shape index (κ3) is 4.05. The molecule has 3 rings (SSSR count). The summed E-state index contributed by atoms with van der Waals surface area (Å²) in [6.45, 7) is 8.40. The number of carbonyl (C=O) groups excluding carboxylic acids is 1. The Morgan fingerprint density at radius 1 is 1.31 bits per heavy atom. The molecule has 3 heterocycles. The summed E-state index contributed by atoms with van der Waals surface area (Å²) in [4.78, 5) is 31.2. The maximum Gasteiger partial charge on any atom is 0.273 e. The molecule has 146 valence electrons. The molecule has 0 saturated carbocycles. The first-order valence-corrected chi connectivity index (χ1v) is 8.45. The minimum Gasteiger partial charge on any atom is -0.337 e. The van der Waals surface area contributed by atoms with Crippen molar-refractivity contribution in [1.29, 1.82) is 0 Å². The van der Waals surface area contributed by atoms with Gasteiger partial charge in [0.1, 0.15) is 0 Å². The first-order valence-electron chi connectivity index (χ1n) is 8.45. The zero-order valence-electron chi connectivity index (χ0n) is 15.6. The third-order valence-corrected chi connectivity index (χ3v) is 4.99. The maximum atomic E-state index is 12.5. The molecule has 1 atom stereocenters. The van der Waals surface area contributed by atoms with E-state index in [0.717, 1.165) is 36.5 Å². The van der Waals surface area contributed by atoms with Gasteiger partial charge in [0.05, 0.1) is 5.39 Å². The lowest BCUT2D eigenvalue weighted by atomic mass is 9.99. The Kier molecular flexibility index (Phi) is 7.68. The largest absolute Gasteiger partial charge is 0.337 e. The van der Waals surface area contributed by atoms with Crippen molar-refractivity contribution in [3.63, 3.8) is 0 Å². The van der Waals surface area contributed by atoms with Gasteiger partial charge in [0.2, 0.25) is 5.91 Å². The van der Waals surface area contributed by atoms with Gasteiger partial charge in [-0.25, -0.2) is 4.98 Å². The molecule has 26 heavy (non-hydrogen) atoms. The summed E-state index contributed by atoms with van der Waals surface area (Å²) >= 11 is 0. The van der Waals surface area contributed by atoms with Crippen molar-refractivity contribution in [2.24, 2.45) is 7.05 Å². The van der Waals surface area contributed by atoms with E-state index in [-0.39, 0.29) is 42.3 Å². The molecule has 0 unspecified atom stereocenters. The van der Waals surface area contributed by atoms with Gasteiger partial charge in [0.15, 0.2) is 5.65 Å². The number of carbonyl (C=O) groups is 1. The van der Waals surface area contributed by atoms with Crippen LogP contribution < -0.4 is 10.9 Å². The highest BCUT2D eigenvalue weighted by atomic mass is 35.5. The summed E-state index contributed by atoms with van der Waals surface area (Å²) in [5.74, 6) is 0.171. The fraction of sp³-hybridized carbons (Fsp3) is 0.588. The highest BCUT2D eigenvalue weighted by Crippen LogP contribution is 2.21. The number of hydrogen-bond acceptors (Lipinski definition) is 4. The van der Waals surface area contributed by atoms with Gasteiger partial charge in [0, 0.05) is 44.8 Å². The number of aromatic nitrogens is 3. The summed E-state index contributed by atoms with van der Waals surface area (Å²) in [6.07, 6.45) is 1.06. The van der Waals surface area contributed by atoms with Crippen LogP contribution in [0.1, 0.15) is 30.2 Å². The molecular weight excluding hydrogens is 377 g/mol. The molecule has 0 bridgehead atoms. The fourth-order valence-electron chi connectivity index (χ4n) is 3.60. The van der Waals surface area contributed by atoms with Crippen LogP contribution in [0, 0.1) is 13.8 Å². The molecule has 0 spiro atoms. The number of pyridine rings is 1. The molecule has 9 heteroatoms. The van der Waals surface area contributed by atoms with E-state index in [1.165, 1.54) is 0 Å². The van der Waals surface area contributed by atoms with E-state index in [1.54, 1.807) is 11.7 Å². The molecule has 0 aliphatic carbocycles. The Hall–Kier alpha value is -1.57. The Morgan fingerprint density at radius 2 is 2.00 bits per heavy atom. The fourth-order valence-corrected chi connectivity index (χ4v) is 3.60. The van der Waals surface area contributed by atoms with Crippen LogP contribution in [-0.2, 0) is 18.3 Å². The number of amides is 1. The molecule has 1 saturated heterocycles. The lowest BCUT2D eigenvalue weighted by Gasteiger charge is -2.34. The van der Waals surface area contributed by atoms with E-state index in [1.807, 2.05) is 18.7 Å². The van der Waals surface area contributed by atoms with Crippen molar-refractivity contribution in [2.45, 2.75) is 39.7 Å². The quantitative estimate of drug-likeness (QED) is 0.812. The highest BCUT2D eigenvalue weighted by Gasteiger charge is 2.23. The molecule has 1 fully saturated rings. The predicted octanol–water partition coefficient (Wildman–Crippen LogP) is 1.47. The van der Waals surface area contributed by atoms with Crippen LogP contribution in [0.3, 0.4) is 0 Å². The number of rotatable bonds is 3. The summed E-state index contributed by atoms with van der Waals surface area (Å²) in [5.41, 5.74) is 3.37. The van der Waals surface area contributed by atoms with Gasteiger partial charge in [-0.3, -0.25) is 19.4 Å². The normalized spacial score (nSPS) is 16.9. The number of aryl methyl sites for hydroxylation is 3. The van der Waals surface area contributed by atoms with Gasteiger partial charge < -0.3 is 10.2 Å². The molecule has 1 amide bonds. The number of aromatic amines is 1. The van der Waals surface area contributed by atoms with Crippen molar-refractivity contribution < 1.29 is 4.79 Å². The van der Waals surface area contributed by atoms with Crippen LogP contribution in [0.4, 0.5) is 0 Å². The number of H-pyrrole nitrogens is 1. The Morgan fingerprint density at radius 3 is 2.65 bits per heavy atom. The van der Waals surface area contributed by atoms with E-state index in [9.17, 15) is 9.59 Å². The van der Waals surface area contributed by atoms with E-state index in [2.05, 4.69) is 22.3 Å². The zero-order chi connectivity index (χ0) is 17.4. The lowest BCUT2D eigenvalue weighted by Crippen LogP contribution is -2.52. The zero-order valence-corrected chi connectivity index (χ0v) is 17.2. The average Bonchev–Trinajstić information content (AvgIpc) is 2.81. The molecule has 0 radical (unpaired) electrons. The minimum absolute atomic E-state index is 0. The number of hydrogen-bond donors (Lipinski definition) is 2. The topological polar surface area (TPSA) is 83.0 Å². The van der Waals surface area contributed by atoms with Gasteiger partial charge in [-0.05, 0) is 38.3 Å². The van der Waals surface area contributed by atoms with Gasteiger partial charge in [-0.15, -0.1) is 24.8 Å². The number of nitrogens with one attached hydrogen (secondary N) is 2. The number of fused-ring (bicyclic) bond motifs is 1. The first kappa shape index (κ1) is 22.5. The Bertz CT molecular complexity index is 846. The summed E-state index contributed by atoms with van der Waals surface area (Å²) in [5, 5.41) is 6.67. The van der Waals surface area contributed by atoms with Crippen molar-refractivity contribution >= 4 is 41.8 Å². The van der Waals surface area contributed by atoms with Crippen LogP contribution in [0.5, 0.6) is 0 Å². The van der Waals surface area contributed by atoms with Gasteiger partial charge in [-0.2, -0.15) is 0 Å². The van der Waals surface area contributed by atoms with Crippen LogP contribution >= 0.6 is 24.8 Å². The molecule has 2 aromatic heterocycles. The van der Waals surface area contributed by atoms with Gasteiger partial charge in [-0.1, -0.05) is 0 Å².